The van der Waals surface area contributed by atoms with Gasteiger partial charge in [0, 0.05) is 30.4 Å². The molecule has 0 bridgehead atoms. The quantitative estimate of drug-likeness (QED) is 0.705. The minimum atomic E-state index is -0.491. The zero-order chi connectivity index (χ0) is 21.6. The third-order valence-electron chi connectivity index (χ3n) is 6.01. The number of piperidine rings is 1. The number of aryl methyl sites for hydroxylation is 1. The molecule has 7 heteroatoms. The lowest BCUT2D eigenvalue weighted by molar-refractivity contribution is 0.00578. The highest BCUT2D eigenvalue weighted by atomic mass is 16.7. The molecule has 1 aromatic heterocycles. The van der Waals surface area contributed by atoms with Gasteiger partial charge in [-0.25, -0.2) is 4.79 Å². The van der Waals surface area contributed by atoms with E-state index in [0.29, 0.717) is 6.54 Å². The summed E-state index contributed by atoms with van der Waals surface area (Å²) in [5.74, 6) is 0.178. The monoisotopic (exact) mass is 402 g/mol. The highest BCUT2D eigenvalue weighted by Gasteiger charge is 2.51. The molecule has 1 unspecified atom stereocenters. The van der Waals surface area contributed by atoms with Crippen LogP contribution in [-0.4, -0.2) is 53.0 Å². The fourth-order valence-corrected chi connectivity index (χ4v) is 3.76. The molecular formula is C22H35BN2O4. The van der Waals surface area contributed by atoms with Crippen molar-refractivity contribution in [3.63, 3.8) is 0 Å². The summed E-state index contributed by atoms with van der Waals surface area (Å²) < 4.78 is 18.0. The zero-order valence-corrected chi connectivity index (χ0v) is 19.2. The molecule has 0 radical (unpaired) electrons. The first-order chi connectivity index (χ1) is 13.3. The first-order valence-electron chi connectivity index (χ1n) is 10.6. The van der Waals surface area contributed by atoms with Crippen LogP contribution in [0, 0.1) is 6.92 Å². The van der Waals surface area contributed by atoms with Crippen LogP contribution in [0.2, 0.25) is 0 Å². The third-order valence-corrected chi connectivity index (χ3v) is 6.01. The van der Waals surface area contributed by atoms with E-state index in [0.717, 1.165) is 36.2 Å². The molecule has 1 aromatic rings. The number of ether oxygens (including phenoxy) is 1. The average Bonchev–Trinajstić information content (AvgIpc) is 2.81. The molecule has 0 aliphatic carbocycles. The molecule has 2 aliphatic heterocycles. The van der Waals surface area contributed by atoms with Crippen LogP contribution < -0.4 is 5.46 Å². The van der Waals surface area contributed by atoms with Gasteiger partial charge in [0.1, 0.15) is 5.60 Å². The second kappa shape index (κ2) is 7.58. The number of carbonyl (C=O) groups excluding carboxylic acids is 1. The Labute approximate surface area is 175 Å². The average molecular weight is 402 g/mol. The van der Waals surface area contributed by atoms with Crippen LogP contribution in [0.25, 0.3) is 0 Å². The molecular weight excluding hydrogens is 367 g/mol. The number of pyridine rings is 1. The molecule has 0 spiro atoms. The molecule has 2 fully saturated rings. The lowest BCUT2D eigenvalue weighted by Gasteiger charge is -2.34. The molecule has 3 heterocycles. The lowest BCUT2D eigenvalue weighted by atomic mass is 9.77. The molecule has 1 amide bonds. The van der Waals surface area contributed by atoms with Crippen LogP contribution in [0.4, 0.5) is 4.79 Å². The van der Waals surface area contributed by atoms with Gasteiger partial charge < -0.3 is 18.9 Å². The lowest BCUT2D eigenvalue weighted by Crippen LogP contribution is -2.42. The topological polar surface area (TPSA) is 60.9 Å². The Hall–Kier alpha value is -1.60. The Morgan fingerprint density at radius 2 is 1.83 bits per heavy atom. The van der Waals surface area contributed by atoms with Crippen LogP contribution in [0.1, 0.15) is 78.6 Å². The van der Waals surface area contributed by atoms with Crippen molar-refractivity contribution in [2.45, 2.75) is 91.0 Å². The second-order valence-corrected chi connectivity index (χ2v) is 10.3. The summed E-state index contributed by atoms with van der Waals surface area (Å²) in [4.78, 5) is 19.1. The molecule has 2 saturated heterocycles. The molecule has 6 nitrogen and oxygen atoms in total. The number of nitrogens with zero attached hydrogens (tertiary/aromatic N) is 2. The van der Waals surface area contributed by atoms with Gasteiger partial charge in [0.25, 0.3) is 0 Å². The van der Waals surface area contributed by atoms with Crippen molar-refractivity contribution in [2.24, 2.45) is 0 Å². The number of rotatable bonds is 2. The number of hydrogen-bond acceptors (Lipinski definition) is 5. The third kappa shape index (κ3) is 4.94. The largest absolute Gasteiger partial charge is 0.494 e. The van der Waals surface area contributed by atoms with Crippen molar-refractivity contribution in [1.82, 2.24) is 9.88 Å². The van der Waals surface area contributed by atoms with E-state index in [-0.39, 0.29) is 23.2 Å². The van der Waals surface area contributed by atoms with Gasteiger partial charge in [-0.05, 0) is 85.8 Å². The predicted octanol–water partition coefficient (Wildman–Crippen LogP) is 3.80. The van der Waals surface area contributed by atoms with Gasteiger partial charge in [0.05, 0.1) is 11.2 Å². The SMILES string of the molecule is Cc1cc(B2OC(C)(C)C(C)(C)O2)cc(C2CCCN(C(=O)OC(C)(C)C)C2)n1. The summed E-state index contributed by atoms with van der Waals surface area (Å²) >= 11 is 0. The van der Waals surface area contributed by atoms with Gasteiger partial charge in [-0.15, -0.1) is 0 Å². The maximum Gasteiger partial charge on any atom is 0.494 e. The molecule has 2 aliphatic rings. The molecule has 0 aromatic carbocycles. The van der Waals surface area contributed by atoms with Gasteiger partial charge in [0.2, 0.25) is 0 Å². The number of likely N-dealkylation sites (tertiary alicyclic amines) is 1. The number of carbonyl (C=O) groups is 1. The van der Waals surface area contributed by atoms with Gasteiger partial charge in [-0.2, -0.15) is 0 Å². The van der Waals surface area contributed by atoms with Crippen molar-refractivity contribution >= 4 is 18.7 Å². The van der Waals surface area contributed by atoms with E-state index in [1.165, 1.54) is 0 Å². The Kier molecular flexibility index (Phi) is 5.78. The Balaban J connectivity index is 1.79. The van der Waals surface area contributed by atoms with E-state index >= 15 is 0 Å². The number of amides is 1. The fourth-order valence-electron chi connectivity index (χ4n) is 3.76. The zero-order valence-electron chi connectivity index (χ0n) is 19.2. The van der Waals surface area contributed by atoms with Crippen molar-refractivity contribution in [2.75, 3.05) is 13.1 Å². The highest BCUT2D eigenvalue weighted by molar-refractivity contribution is 6.62. The summed E-state index contributed by atoms with van der Waals surface area (Å²) in [7, 11) is -0.411. The Morgan fingerprint density at radius 1 is 1.21 bits per heavy atom. The van der Waals surface area contributed by atoms with Crippen LogP contribution >= 0.6 is 0 Å². The van der Waals surface area contributed by atoms with E-state index in [9.17, 15) is 4.79 Å². The summed E-state index contributed by atoms with van der Waals surface area (Å²) in [5.41, 5.74) is 1.65. The Bertz CT molecular complexity index is 757. The van der Waals surface area contributed by atoms with Gasteiger partial charge in [-0.1, -0.05) is 0 Å². The minimum Gasteiger partial charge on any atom is -0.444 e. The van der Waals surface area contributed by atoms with Crippen LogP contribution in [0.15, 0.2) is 12.1 Å². The van der Waals surface area contributed by atoms with Crippen molar-refractivity contribution < 1.29 is 18.8 Å². The highest BCUT2D eigenvalue weighted by Crippen LogP contribution is 2.36. The molecule has 160 valence electrons. The first kappa shape index (κ1) is 22.1. The van der Waals surface area contributed by atoms with Crippen molar-refractivity contribution in [3.8, 4) is 0 Å². The first-order valence-corrected chi connectivity index (χ1v) is 10.6. The summed E-state index contributed by atoms with van der Waals surface area (Å²) in [5, 5.41) is 0. The molecule has 3 rings (SSSR count). The van der Waals surface area contributed by atoms with E-state index in [2.05, 4.69) is 33.8 Å². The van der Waals surface area contributed by atoms with Crippen molar-refractivity contribution in [1.29, 1.82) is 0 Å². The van der Waals surface area contributed by atoms with E-state index < -0.39 is 12.7 Å². The molecule has 1 atom stereocenters. The van der Waals surface area contributed by atoms with Gasteiger partial charge in [-0.3, -0.25) is 4.98 Å². The van der Waals surface area contributed by atoms with E-state index in [1.807, 2.05) is 33.8 Å². The van der Waals surface area contributed by atoms with Crippen molar-refractivity contribution in [3.05, 3.63) is 23.5 Å². The van der Waals surface area contributed by atoms with E-state index in [1.54, 1.807) is 4.90 Å². The fraction of sp³-hybridized carbons (Fsp3) is 0.727. The second-order valence-electron chi connectivity index (χ2n) is 10.3. The number of hydrogen-bond donors (Lipinski definition) is 0. The predicted molar refractivity (Wildman–Crippen MR) is 114 cm³/mol. The summed E-state index contributed by atoms with van der Waals surface area (Å²) in [6.45, 7) is 17.2. The maximum atomic E-state index is 12.5. The van der Waals surface area contributed by atoms with Crippen LogP contribution in [0.3, 0.4) is 0 Å². The molecule has 0 N–H and O–H groups in total. The van der Waals surface area contributed by atoms with Crippen LogP contribution in [0.5, 0.6) is 0 Å². The number of aromatic nitrogens is 1. The standard InChI is InChI=1S/C22H35BN2O4/c1-15-12-17(23-28-21(5,6)22(7,8)29-23)13-18(24-15)16-10-9-11-25(14-16)19(26)27-20(2,3)4/h12-13,16H,9-11,14H2,1-8H3. The van der Waals surface area contributed by atoms with Gasteiger partial charge >= 0.3 is 13.2 Å². The molecule has 0 saturated carbocycles. The summed E-state index contributed by atoms with van der Waals surface area (Å²) in [6.07, 6.45) is 1.69. The van der Waals surface area contributed by atoms with Gasteiger partial charge in [0.15, 0.2) is 0 Å². The van der Waals surface area contributed by atoms with E-state index in [4.69, 9.17) is 19.0 Å². The smallest absolute Gasteiger partial charge is 0.444 e. The normalized spacial score (nSPS) is 23.9. The summed E-state index contributed by atoms with van der Waals surface area (Å²) in [6, 6.07) is 4.11. The van der Waals surface area contributed by atoms with Crippen LogP contribution in [-0.2, 0) is 14.0 Å². The minimum absolute atomic E-state index is 0.178. The molecule has 29 heavy (non-hydrogen) atoms. The maximum absolute atomic E-state index is 12.5. The Morgan fingerprint density at radius 3 is 2.41 bits per heavy atom.